The number of hydrogen-bond donors (Lipinski definition) is 2. The Morgan fingerprint density at radius 2 is 2.08 bits per heavy atom. The van der Waals surface area contributed by atoms with Crippen molar-refractivity contribution >= 4 is 5.91 Å². The van der Waals surface area contributed by atoms with Crippen LogP contribution in [-0.2, 0) is 9.53 Å². The van der Waals surface area contributed by atoms with Crippen LogP contribution in [0.4, 0.5) is 0 Å². The molecule has 1 amide bonds. The zero-order valence-corrected chi connectivity index (χ0v) is 14.7. The van der Waals surface area contributed by atoms with Crippen LogP contribution in [0.25, 0.3) is 11.3 Å². The van der Waals surface area contributed by atoms with Gasteiger partial charge in [0.15, 0.2) is 5.76 Å². The number of hydrogen-bond acceptors (Lipinski definition) is 5. The van der Waals surface area contributed by atoms with Crippen LogP contribution >= 0.6 is 0 Å². The van der Waals surface area contributed by atoms with Crippen LogP contribution in [-0.4, -0.2) is 37.7 Å². The maximum absolute atomic E-state index is 12.9. The molecule has 0 radical (unpaired) electrons. The van der Waals surface area contributed by atoms with Gasteiger partial charge in [0, 0.05) is 12.7 Å². The van der Waals surface area contributed by atoms with Crippen molar-refractivity contribution in [2.45, 2.75) is 25.8 Å². The second kappa shape index (κ2) is 7.80. The lowest BCUT2D eigenvalue weighted by atomic mass is 9.78. The minimum atomic E-state index is -0.483. The zero-order valence-electron chi connectivity index (χ0n) is 14.7. The molecule has 1 fully saturated rings. The molecule has 1 saturated heterocycles. The molecular formula is C19H25N3O3. The van der Waals surface area contributed by atoms with Gasteiger partial charge in [0.25, 0.3) is 0 Å². The number of ether oxygens (including phenoxy) is 1. The van der Waals surface area contributed by atoms with Crippen molar-refractivity contribution in [2.24, 2.45) is 5.41 Å². The number of amides is 1. The Labute approximate surface area is 148 Å². The van der Waals surface area contributed by atoms with Gasteiger partial charge in [-0.2, -0.15) is 0 Å². The second-order valence-electron chi connectivity index (χ2n) is 6.59. The van der Waals surface area contributed by atoms with E-state index >= 15 is 0 Å². The summed E-state index contributed by atoms with van der Waals surface area (Å²) in [4.78, 5) is 17.2. The summed E-state index contributed by atoms with van der Waals surface area (Å²) < 4.78 is 11.2. The summed E-state index contributed by atoms with van der Waals surface area (Å²) in [5, 5.41) is 6.35. The Balaban J connectivity index is 1.70. The lowest BCUT2D eigenvalue weighted by Crippen LogP contribution is -2.50. The second-order valence-corrected chi connectivity index (χ2v) is 6.59. The third-order valence-electron chi connectivity index (χ3n) is 4.76. The smallest absolute Gasteiger partial charge is 0.229 e. The van der Waals surface area contributed by atoms with E-state index in [4.69, 9.17) is 9.15 Å². The molecule has 0 bridgehead atoms. The van der Waals surface area contributed by atoms with Crippen LogP contribution in [0.5, 0.6) is 0 Å². The number of oxazole rings is 1. The highest BCUT2D eigenvalue weighted by Gasteiger charge is 2.40. The fourth-order valence-corrected chi connectivity index (χ4v) is 3.25. The van der Waals surface area contributed by atoms with E-state index in [9.17, 15) is 4.79 Å². The topological polar surface area (TPSA) is 76.4 Å². The molecule has 2 heterocycles. The fraction of sp³-hybridized carbons (Fsp3) is 0.474. The van der Waals surface area contributed by atoms with Gasteiger partial charge < -0.3 is 19.8 Å². The van der Waals surface area contributed by atoms with Crippen molar-refractivity contribution in [2.75, 3.05) is 26.8 Å². The van der Waals surface area contributed by atoms with Crippen molar-refractivity contribution in [3.05, 3.63) is 42.4 Å². The molecule has 1 aliphatic rings. The predicted molar refractivity (Wildman–Crippen MR) is 94.9 cm³/mol. The van der Waals surface area contributed by atoms with Crippen molar-refractivity contribution in [1.82, 2.24) is 15.6 Å². The molecular weight excluding hydrogens is 318 g/mol. The lowest BCUT2D eigenvalue weighted by Gasteiger charge is -2.36. The number of carbonyl (C=O) groups excluding carboxylic acids is 1. The standard InChI is InChI=1S/C19H25N3O3/c1-14(17-21-12-16(25-17)15-6-4-3-5-7-15)22-18(23)19(13-24-2)8-10-20-11-9-19/h3-7,12,14,20H,8-11,13H2,1-2H3,(H,22,23). The van der Waals surface area contributed by atoms with Crippen LogP contribution in [0.15, 0.2) is 40.9 Å². The summed E-state index contributed by atoms with van der Waals surface area (Å²) in [5.74, 6) is 1.21. The Bertz CT molecular complexity index is 687. The molecule has 6 heteroatoms. The fourth-order valence-electron chi connectivity index (χ4n) is 3.25. The quantitative estimate of drug-likeness (QED) is 0.843. The van der Waals surface area contributed by atoms with E-state index < -0.39 is 5.41 Å². The number of aromatic nitrogens is 1. The lowest BCUT2D eigenvalue weighted by molar-refractivity contribution is -0.137. The Morgan fingerprint density at radius 1 is 1.36 bits per heavy atom. The average Bonchev–Trinajstić information content (AvgIpc) is 3.14. The van der Waals surface area contributed by atoms with E-state index in [0.29, 0.717) is 18.3 Å². The number of benzene rings is 1. The number of rotatable bonds is 6. The van der Waals surface area contributed by atoms with E-state index in [2.05, 4.69) is 15.6 Å². The van der Waals surface area contributed by atoms with Gasteiger partial charge in [-0.3, -0.25) is 4.79 Å². The van der Waals surface area contributed by atoms with E-state index in [0.717, 1.165) is 31.5 Å². The monoisotopic (exact) mass is 343 g/mol. The molecule has 1 unspecified atom stereocenters. The Morgan fingerprint density at radius 3 is 2.76 bits per heavy atom. The summed E-state index contributed by atoms with van der Waals surface area (Å²) >= 11 is 0. The largest absolute Gasteiger partial charge is 0.438 e. The Kier molecular flexibility index (Phi) is 5.50. The van der Waals surface area contributed by atoms with E-state index in [1.54, 1.807) is 13.3 Å². The van der Waals surface area contributed by atoms with Crippen LogP contribution in [0.2, 0.25) is 0 Å². The maximum Gasteiger partial charge on any atom is 0.229 e. The van der Waals surface area contributed by atoms with E-state index in [1.807, 2.05) is 37.3 Å². The maximum atomic E-state index is 12.9. The van der Waals surface area contributed by atoms with Gasteiger partial charge in [0.05, 0.1) is 18.2 Å². The predicted octanol–water partition coefficient (Wildman–Crippen LogP) is 2.54. The van der Waals surface area contributed by atoms with Gasteiger partial charge in [-0.25, -0.2) is 4.98 Å². The highest BCUT2D eigenvalue weighted by atomic mass is 16.5. The van der Waals surface area contributed by atoms with Gasteiger partial charge >= 0.3 is 0 Å². The highest BCUT2D eigenvalue weighted by Crippen LogP contribution is 2.31. The SMILES string of the molecule is COCC1(C(=O)NC(C)c2ncc(-c3ccccc3)o2)CCNCC1. The summed E-state index contributed by atoms with van der Waals surface area (Å²) in [6, 6.07) is 9.50. The van der Waals surface area contributed by atoms with Crippen LogP contribution in [0.1, 0.15) is 31.7 Å². The molecule has 25 heavy (non-hydrogen) atoms. The first-order chi connectivity index (χ1) is 12.1. The van der Waals surface area contributed by atoms with Gasteiger partial charge in [-0.15, -0.1) is 0 Å². The molecule has 2 N–H and O–H groups in total. The zero-order chi connectivity index (χ0) is 17.7. The number of nitrogens with zero attached hydrogens (tertiary/aromatic N) is 1. The molecule has 0 spiro atoms. The summed E-state index contributed by atoms with van der Waals surface area (Å²) in [7, 11) is 1.64. The van der Waals surface area contributed by atoms with Crippen molar-refractivity contribution in [3.63, 3.8) is 0 Å². The molecule has 6 nitrogen and oxygen atoms in total. The molecule has 0 aliphatic carbocycles. The van der Waals surface area contributed by atoms with Crippen molar-refractivity contribution in [1.29, 1.82) is 0 Å². The first-order valence-electron chi connectivity index (χ1n) is 8.66. The molecule has 134 valence electrons. The van der Waals surface area contributed by atoms with Crippen LogP contribution < -0.4 is 10.6 Å². The van der Waals surface area contributed by atoms with Gasteiger partial charge in [0.1, 0.15) is 6.04 Å². The third kappa shape index (κ3) is 3.91. The number of piperidine rings is 1. The Hall–Kier alpha value is -2.18. The molecule has 1 aliphatic heterocycles. The number of nitrogens with one attached hydrogen (secondary N) is 2. The first-order valence-corrected chi connectivity index (χ1v) is 8.66. The third-order valence-corrected chi connectivity index (χ3v) is 4.76. The van der Waals surface area contributed by atoms with Crippen molar-refractivity contribution in [3.8, 4) is 11.3 Å². The van der Waals surface area contributed by atoms with Crippen LogP contribution in [0, 0.1) is 5.41 Å². The molecule has 1 aromatic carbocycles. The van der Waals surface area contributed by atoms with E-state index in [-0.39, 0.29) is 11.9 Å². The van der Waals surface area contributed by atoms with E-state index in [1.165, 1.54) is 0 Å². The minimum Gasteiger partial charge on any atom is -0.438 e. The van der Waals surface area contributed by atoms with Crippen LogP contribution in [0.3, 0.4) is 0 Å². The van der Waals surface area contributed by atoms with Gasteiger partial charge in [0.2, 0.25) is 11.8 Å². The molecule has 1 aromatic heterocycles. The summed E-state index contributed by atoms with van der Waals surface area (Å²) in [6.45, 7) is 3.96. The summed E-state index contributed by atoms with van der Waals surface area (Å²) in [5.41, 5.74) is 0.484. The number of methoxy groups -OCH3 is 1. The summed E-state index contributed by atoms with van der Waals surface area (Å²) in [6.07, 6.45) is 3.23. The minimum absolute atomic E-state index is 0.00260. The number of carbonyl (C=O) groups is 1. The normalized spacial score (nSPS) is 17.8. The molecule has 0 saturated carbocycles. The highest BCUT2D eigenvalue weighted by molar-refractivity contribution is 5.83. The first kappa shape index (κ1) is 17.6. The molecule has 1 atom stereocenters. The van der Waals surface area contributed by atoms with Crippen molar-refractivity contribution < 1.29 is 13.9 Å². The van der Waals surface area contributed by atoms with Gasteiger partial charge in [-0.1, -0.05) is 30.3 Å². The average molecular weight is 343 g/mol. The molecule has 2 aromatic rings. The van der Waals surface area contributed by atoms with Gasteiger partial charge in [-0.05, 0) is 32.9 Å². The molecule has 3 rings (SSSR count).